The van der Waals surface area contributed by atoms with Gasteiger partial charge in [0.25, 0.3) is 5.91 Å². The Morgan fingerprint density at radius 3 is 2.12 bits per heavy atom. The topological polar surface area (TPSA) is 77.0 Å². The van der Waals surface area contributed by atoms with Crippen molar-refractivity contribution in [1.29, 1.82) is 0 Å². The molecule has 0 aliphatic carbocycles. The summed E-state index contributed by atoms with van der Waals surface area (Å²) in [4.78, 5) is 26.0. The van der Waals surface area contributed by atoms with Crippen molar-refractivity contribution in [3.05, 3.63) is 65.9 Å². The Bertz CT molecular complexity index is 1090. The van der Waals surface area contributed by atoms with Crippen LogP contribution in [0.1, 0.15) is 16.1 Å². The van der Waals surface area contributed by atoms with Gasteiger partial charge in [-0.25, -0.2) is 4.98 Å². The van der Waals surface area contributed by atoms with Crippen molar-refractivity contribution < 1.29 is 19.0 Å². The van der Waals surface area contributed by atoms with Crippen LogP contribution < -0.4 is 14.2 Å². The van der Waals surface area contributed by atoms with Crippen LogP contribution in [0.3, 0.4) is 0 Å². The minimum Gasteiger partial charge on any atom is -0.497 e. The summed E-state index contributed by atoms with van der Waals surface area (Å²) in [6.07, 6.45) is 0. The zero-order valence-corrected chi connectivity index (χ0v) is 19.9. The van der Waals surface area contributed by atoms with Crippen molar-refractivity contribution in [3.8, 4) is 28.8 Å². The van der Waals surface area contributed by atoms with Crippen LogP contribution in [0.15, 0.2) is 54.6 Å². The normalized spacial score (nSPS) is 14.0. The molecule has 8 heteroatoms. The lowest BCUT2D eigenvalue weighted by Gasteiger charge is -2.34. The molecule has 178 valence electrons. The van der Waals surface area contributed by atoms with Gasteiger partial charge >= 0.3 is 0 Å². The van der Waals surface area contributed by atoms with E-state index in [2.05, 4.69) is 14.9 Å². The van der Waals surface area contributed by atoms with Crippen LogP contribution in [0, 0.1) is 6.92 Å². The average molecular weight is 463 g/mol. The van der Waals surface area contributed by atoms with E-state index in [1.165, 1.54) is 0 Å². The summed E-state index contributed by atoms with van der Waals surface area (Å²) < 4.78 is 16.3. The van der Waals surface area contributed by atoms with Gasteiger partial charge in [-0.1, -0.05) is 0 Å². The minimum atomic E-state index is 0.0566. The maximum absolute atomic E-state index is 12.7. The third kappa shape index (κ3) is 5.82. The molecule has 2 heterocycles. The van der Waals surface area contributed by atoms with Gasteiger partial charge in [-0.3, -0.25) is 9.69 Å². The molecule has 1 aliphatic heterocycles. The molecule has 8 nitrogen and oxygen atoms in total. The molecule has 0 spiro atoms. The fourth-order valence-electron chi connectivity index (χ4n) is 3.85. The Balaban J connectivity index is 1.26. The quantitative estimate of drug-likeness (QED) is 0.508. The van der Waals surface area contributed by atoms with E-state index < -0.39 is 0 Å². The summed E-state index contributed by atoms with van der Waals surface area (Å²) in [5.74, 6) is 2.78. The lowest BCUT2D eigenvalue weighted by atomic mass is 10.1. The highest BCUT2D eigenvalue weighted by molar-refractivity contribution is 5.94. The van der Waals surface area contributed by atoms with E-state index in [-0.39, 0.29) is 5.91 Å². The average Bonchev–Trinajstić information content (AvgIpc) is 2.88. The number of carbonyl (C=O) groups excluding carboxylic acids is 1. The predicted octanol–water partition coefficient (Wildman–Crippen LogP) is 3.31. The van der Waals surface area contributed by atoms with Gasteiger partial charge in [-0.15, -0.1) is 0 Å². The third-order valence-electron chi connectivity index (χ3n) is 5.83. The Morgan fingerprint density at radius 2 is 1.50 bits per heavy atom. The lowest BCUT2D eigenvalue weighted by molar-refractivity contribution is 0.0619. The molecule has 0 radical (unpaired) electrons. The van der Waals surface area contributed by atoms with Crippen molar-refractivity contribution in [3.63, 3.8) is 0 Å². The number of amides is 1. The van der Waals surface area contributed by atoms with Crippen LogP contribution >= 0.6 is 0 Å². The number of aromatic nitrogens is 2. The molecule has 0 N–H and O–H groups in total. The molecule has 0 saturated carbocycles. The molecule has 1 aliphatic rings. The van der Waals surface area contributed by atoms with E-state index in [1.54, 1.807) is 14.2 Å². The molecular formula is C26H30N4O4. The van der Waals surface area contributed by atoms with Gasteiger partial charge in [-0.05, 0) is 55.5 Å². The first-order chi connectivity index (χ1) is 16.6. The zero-order valence-electron chi connectivity index (χ0n) is 19.9. The van der Waals surface area contributed by atoms with Crippen LogP contribution in [-0.4, -0.2) is 79.2 Å². The second-order valence-electron chi connectivity index (χ2n) is 8.11. The second-order valence-corrected chi connectivity index (χ2v) is 8.11. The molecule has 1 amide bonds. The summed E-state index contributed by atoms with van der Waals surface area (Å²) in [7, 11) is 3.26. The van der Waals surface area contributed by atoms with Crippen molar-refractivity contribution >= 4 is 5.91 Å². The van der Waals surface area contributed by atoms with Crippen LogP contribution in [0.4, 0.5) is 0 Å². The number of methoxy groups -OCH3 is 2. The van der Waals surface area contributed by atoms with E-state index in [1.807, 2.05) is 66.4 Å². The van der Waals surface area contributed by atoms with E-state index >= 15 is 0 Å². The highest BCUT2D eigenvalue weighted by atomic mass is 16.5. The molecule has 0 bridgehead atoms. The molecule has 0 unspecified atom stereocenters. The number of hydrogen-bond acceptors (Lipinski definition) is 7. The van der Waals surface area contributed by atoms with E-state index in [4.69, 9.17) is 14.2 Å². The molecular weight excluding hydrogens is 432 g/mol. The standard InChI is InChI=1S/C26H30N4O4/c1-19-18-24(28-25(27-19)20-4-8-22(32-2)9-5-20)34-17-16-29-12-14-30(15-13-29)26(31)21-6-10-23(33-3)11-7-21/h4-11,18H,12-17H2,1-3H3. The smallest absolute Gasteiger partial charge is 0.253 e. The largest absolute Gasteiger partial charge is 0.497 e. The highest BCUT2D eigenvalue weighted by Crippen LogP contribution is 2.22. The number of benzene rings is 2. The van der Waals surface area contributed by atoms with Crippen LogP contribution in [0.5, 0.6) is 17.4 Å². The first-order valence-electron chi connectivity index (χ1n) is 11.3. The molecule has 1 aromatic heterocycles. The maximum atomic E-state index is 12.7. The van der Waals surface area contributed by atoms with Crippen LogP contribution in [-0.2, 0) is 0 Å². The van der Waals surface area contributed by atoms with E-state index in [0.717, 1.165) is 42.4 Å². The summed E-state index contributed by atoms with van der Waals surface area (Å²) in [6.45, 7) is 6.23. The Morgan fingerprint density at radius 1 is 0.882 bits per heavy atom. The van der Waals surface area contributed by atoms with Crippen molar-refractivity contribution in [2.75, 3.05) is 53.6 Å². The second kappa shape index (κ2) is 11.0. The summed E-state index contributed by atoms with van der Waals surface area (Å²) in [5.41, 5.74) is 2.44. The number of nitrogens with zero attached hydrogens (tertiary/aromatic N) is 4. The van der Waals surface area contributed by atoms with Crippen LogP contribution in [0.2, 0.25) is 0 Å². The van der Waals surface area contributed by atoms with Crippen molar-refractivity contribution in [1.82, 2.24) is 19.8 Å². The fraction of sp³-hybridized carbons (Fsp3) is 0.346. The van der Waals surface area contributed by atoms with Gasteiger partial charge in [0, 0.05) is 55.6 Å². The van der Waals surface area contributed by atoms with E-state index in [0.29, 0.717) is 37.0 Å². The van der Waals surface area contributed by atoms with Gasteiger partial charge in [-0.2, -0.15) is 4.98 Å². The molecule has 0 atom stereocenters. The van der Waals surface area contributed by atoms with Crippen molar-refractivity contribution in [2.45, 2.75) is 6.92 Å². The first-order valence-corrected chi connectivity index (χ1v) is 11.3. The van der Waals surface area contributed by atoms with Crippen LogP contribution in [0.25, 0.3) is 11.4 Å². The molecule has 4 rings (SSSR count). The van der Waals surface area contributed by atoms with Gasteiger partial charge in [0.1, 0.15) is 18.1 Å². The van der Waals surface area contributed by atoms with Gasteiger partial charge in [0.15, 0.2) is 5.82 Å². The highest BCUT2D eigenvalue weighted by Gasteiger charge is 2.22. The molecule has 3 aromatic rings. The van der Waals surface area contributed by atoms with Gasteiger partial charge < -0.3 is 19.1 Å². The predicted molar refractivity (Wildman–Crippen MR) is 130 cm³/mol. The third-order valence-corrected chi connectivity index (χ3v) is 5.83. The summed E-state index contributed by atoms with van der Waals surface area (Å²) >= 11 is 0. The van der Waals surface area contributed by atoms with Gasteiger partial charge in [0.2, 0.25) is 5.88 Å². The fourth-order valence-corrected chi connectivity index (χ4v) is 3.85. The number of carbonyl (C=O) groups is 1. The number of piperazine rings is 1. The summed E-state index contributed by atoms with van der Waals surface area (Å²) in [5, 5.41) is 0. The Kier molecular flexibility index (Phi) is 7.59. The minimum absolute atomic E-state index is 0.0566. The summed E-state index contributed by atoms with van der Waals surface area (Å²) in [6, 6.07) is 16.7. The molecule has 1 fully saturated rings. The zero-order chi connectivity index (χ0) is 23.9. The van der Waals surface area contributed by atoms with E-state index in [9.17, 15) is 4.79 Å². The Hall–Kier alpha value is -3.65. The maximum Gasteiger partial charge on any atom is 0.253 e. The number of rotatable bonds is 8. The molecule has 2 aromatic carbocycles. The molecule has 1 saturated heterocycles. The lowest BCUT2D eigenvalue weighted by Crippen LogP contribution is -2.49. The Labute approximate surface area is 200 Å². The number of ether oxygens (including phenoxy) is 3. The SMILES string of the molecule is COc1ccc(C(=O)N2CCN(CCOc3cc(C)nc(-c4ccc(OC)cc4)n3)CC2)cc1. The molecule has 34 heavy (non-hydrogen) atoms. The van der Waals surface area contributed by atoms with Crippen molar-refractivity contribution in [2.24, 2.45) is 0 Å². The van der Waals surface area contributed by atoms with Gasteiger partial charge in [0.05, 0.1) is 14.2 Å². The first kappa shape index (κ1) is 23.5. The number of hydrogen-bond donors (Lipinski definition) is 0. The monoisotopic (exact) mass is 462 g/mol. The number of aryl methyl sites for hydroxylation is 1.